The van der Waals surface area contributed by atoms with Gasteiger partial charge in [-0.05, 0) is 18.1 Å². The van der Waals surface area contributed by atoms with Crippen LogP contribution >= 0.6 is 11.3 Å². The number of thiazole rings is 1. The first-order valence-electron chi connectivity index (χ1n) is 6.01. The largest absolute Gasteiger partial charge is 0.373 e. The van der Waals surface area contributed by atoms with E-state index < -0.39 is 0 Å². The van der Waals surface area contributed by atoms with Gasteiger partial charge in [0.15, 0.2) is 5.78 Å². The maximum Gasteiger partial charge on any atom is 0.168 e. The third-order valence-corrected chi connectivity index (χ3v) is 3.88. The molecule has 0 aliphatic rings. The number of ether oxygens (including phenoxy) is 1. The van der Waals surface area contributed by atoms with Crippen LogP contribution in [0.5, 0.6) is 0 Å². The van der Waals surface area contributed by atoms with E-state index in [2.05, 4.69) is 4.98 Å². The van der Waals surface area contributed by atoms with Crippen LogP contribution in [0.1, 0.15) is 18.9 Å². The minimum Gasteiger partial charge on any atom is -0.373 e. The molecule has 4 heteroatoms. The Morgan fingerprint density at radius 2 is 2.11 bits per heavy atom. The van der Waals surface area contributed by atoms with Gasteiger partial charge in [0.2, 0.25) is 0 Å². The predicted octanol–water partition coefficient (Wildman–Crippen LogP) is 3.08. The number of benzene rings is 1. The van der Waals surface area contributed by atoms with Crippen molar-refractivity contribution >= 4 is 27.3 Å². The fourth-order valence-electron chi connectivity index (χ4n) is 2.02. The molecule has 0 N–H and O–H groups in total. The van der Waals surface area contributed by atoms with E-state index in [9.17, 15) is 4.79 Å². The summed E-state index contributed by atoms with van der Waals surface area (Å²) in [6.45, 7) is 3.98. The average Bonchev–Trinajstić information content (AvgIpc) is 2.71. The Balaban J connectivity index is 2.15. The third kappa shape index (κ3) is 2.76. The summed E-state index contributed by atoms with van der Waals surface area (Å²) >= 11 is 1.58. The standard InChI is InChI=1S/C14H17NO2S/c1-9(2)14(17-3)11(16)8-13-15-10-6-4-5-7-12(10)18-13/h4-7,9,14H,8H2,1-3H3. The van der Waals surface area contributed by atoms with Gasteiger partial charge >= 0.3 is 0 Å². The molecule has 0 aliphatic heterocycles. The summed E-state index contributed by atoms with van der Waals surface area (Å²) in [7, 11) is 1.58. The smallest absolute Gasteiger partial charge is 0.168 e. The van der Waals surface area contributed by atoms with Crippen molar-refractivity contribution in [3.8, 4) is 0 Å². The molecule has 2 rings (SSSR count). The fourth-order valence-corrected chi connectivity index (χ4v) is 3.00. The first kappa shape index (κ1) is 13.2. The van der Waals surface area contributed by atoms with Gasteiger partial charge in [0.25, 0.3) is 0 Å². The van der Waals surface area contributed by atoms with Gasteiger partial charge in [-0.2, -0.15) is 0 Å². The number of fused-ring (bicyclic) bond motifs is 1. The summed E-state index contributed by atoms with van der Waals surface area (Å²) in [5.74, 6) is 0.295. The van der Waals surface area contributed by atoms with Crippen LogP contribution in [0.3, 0.4) is 0 Å². The van der Waals surface area contributed by atoms with Crippen LogP contribution < -0.4 is 0 Å². The van der Waals surface area contributed by atoms with E-state index >= 15 is 0 Å². The van der Waals surface area contributed by atoms with E-state index in [4.69, 9.17) is 4.74 Å². The highest BCUT2D eigenvalue weighted by molar-refractivity contribution is 7.18. The van der Waals surface area contributed by atoms with Crippen molar-refractivity contribution in [3.05, 3.63) is 29.3 Å². The zero-order chi connectivity index (χ0) is 13.1. The second-order valence-corrected chi connectivity index (χ2v) is 5.73. The lowest BCUT2D eigenvalue weighted by Crippen LogP contribution is -2.29. The highest BCUT2D eigenvalue weighted by Gasteiger charge is 2.22. The SMILES string of the molecule is COC(C(=O)Cc1nc2ccccc2s1)C(C)C. The van der Waals surface area contributed by atoms with Crippen molar-refractivity contribution in [1.29, 1.82) is 0 Å². The highest BCUT2D eigenvalue weighted by atomic mass is 32.1. The van der Waals surface area contributed by atoms with Crippen LogP contribution in [0.25, 0.3) is 10.2 Å². The molecule has 0 amide bonds. The molecule has 1 unspecified atom stereocenters. The summed E-state index contributed by atoms with van der Waals surface area (Å²) in [5.41, 5.74) is 0.962. The predicted molar refractivity (Wildman–Crippen MR) is 74.0 cm³/mol. The van der Waals surface area contributed by atoms with Crippen LogP contribution in [0.4, 0.5) is 0 Å². The summed E-state index contributed by atoms with van der Waals surface area (Å²) in [6, 6.07) is 7.94. The van der Waals surface area contributed by atoms with Gasteiger partial charge in [0.1, 0.15) is 11.1 Å². The van der Waals surface area contributed by atoms with Crippen LogP contribution in [0.15, 0.2) is 24.3 Å². The quantitative estimate of drug-likeness (QED) is 0.832. The summed E-state index contributed by atoms with van der Waals surface area (Å²) in [6.07, 6.45) is 0.0211. The van der Waals surface area contributed by atoms with Gasteiger partial charge < -0.3 is 4.74 Å². The second-order valence-electron chi connectivity index (χ2n) is 4.62. The lowest BCUT2D eigenvalue weighted by molar-refractivity contribution is -0.130. The fraction of sp³-hybridized carbons (Fsp3) is 0.429. The molecule has 96 valence electrons. The Morgan fingerprint density at radius 3 is 2.72 bits per heavy atom. The van der Waals surface area contributed by atoms with Gasteiger partial charge in [-0.1, -0.05) is 26.0 Å². The molecule has 3 nitrogen and oxygen atoms in total. The molecule has 0 bridgehead atoms. The molecular formula is C14H17NO2S. The minimum absolute atomic E-state index is 0.103. The van der Waals surface area contributed by atoms with E-state index in [1.54, 1.807) is 18.4 Å². The molecule has 0 aliphatic carbocycles. The van der Waals surface area contributed by atoms with Crippen molar-refractivity contribution in [3.63, 3.8) is 0 Å². The van der Waals surface area contributed by atoms with E-state index in [1.165, 1.54) is 0 Å². The van der Waals surface area contributed by atoms with Crippen LogP contribution in [0, 0.1) is 5.92 Å². The Morgan fingerprint density at radius 1 is 1.39 bits per heavy atom. The topological polar surface area (TPSA) is 39.2 Å². The number of aromatic nitrogens is 1. The maximum absolute atomic E-state index is 12.1. The van der Waals surface area contributed by atoms with Crippen molar-refractivity contribution in [2.24, 2.45) is 5.92 Å². The number of hydrogen-bond acceptors (Lipinski definition) is 4. The number of rotatable bonds is 5. The van der Waals surface area contributed by atoms with Gasteiger partial charge in [-0.15, -0.1) is 11.3 Å². The molecule has 0 saturated carbocycles. The molecule has 1 aromatic heterocycles. The Bertz CT molecular complexity index is 514. The van der Waals surface area contributed by atoms with E-state index in [0.29, 0.717) is 6.42 Å². The number of hydrogen-bond donors (Lipinski definition) is 0. The highest BCUT2D eigenvalue weighted by Crippen LogP contribution is 2.22. The first-order valence-corrected chi connectivity index (χ1v) is 6.83. The molecule has 1 aromatic carbocycles. The number of methoxy groups -OCH3 is 1. The van der Waals surface area contributed by atoms with Crippen LogP contribution in [-0.2, 0) is 16.0 Å². The second kappa shape index (κ2) is 5.59. The van der Waals surface area contributed by atoms with Crippen molar-refractivity contribution < 1.29 is 9.53 Å². The zero-order valence-electron chi connectivity index (χ0n) is 10.8. The molecule has 0 fully saturated rings. The summed E-state index contributed by atoms with van der Waals surface area (Å²) in [5, 5.41) is 0.865. The van der Waals surface area contributed by atoms with Crippen molar-refractivity contribution in [2.45, 2.75) is 26.4 Å². The third-order valence-electron chi connectivity index (χ3n) is 2.84. The molecule has 0 spiro atoms. The maximum atomic E-state index is 12.1. The van der Waals surface area contributed by atoms with Gasteiger partial charge in [-0.3, -0.25) is 4.79 Å². The normalized spacial score (nSPS) is 13.1. The molecule has 1 heterocycles. The monoisotopic (exact) mass is 263 g/mol. The van der Waals surface area contributed by atoms with Gasteiger partial charge in [-0.25, -0.2) is 4.98 Å². The molecule has 0 saturated heterocycles. The molecule has 18 heavy (non-hydrogen) atoms. The van der Waals surface area contributed by atoms with Crippen LogP contribution in [-0.4, -0.2) is 24.0 Å². The van der Waals surface area contributed by atoms with Crippen molar-refractivity contribution in [1.82, 2.24) is 4.98 Å². The number of ketones is 1. The minimum atomic E-state index is -0.336. The molecule has 2 aromatic rings. The Kier molecular flexibility index (Phi) is 4.09. The van der Waals surface area contributed by atoms with E-state index in [0.717, 1.165) is 15.2 Å². The number of carbonyl (C=O) groups excluding carboxylic acids is 1. The Hall–Kier alpha value is -1.26. The van der Waals surface area contributed by atoms with Crippen LogP contribution in [0.2, 0.25) is 0 Å². The van der Waals surface area contributed by atoms with Gasteiger partial charge in [0.05, 0.1) is 16.6 Å². The first-order chi connectivity index (χ1) is 8.61. The molecule has 0 radical (unpaired) electrons. The molecule has 1 atom stereocenters. The van der Waals surface area contributed by atoms with E-state index in [-0.39, 0.29) is 17.8 Å². The summed E-state index contributed by atoms with van der Waals surface area (Å²) < 4.78 is 6.37. The average molecular weight is 263 g/mol. The number of nitrogens with zero attached hydrogens (tertiary/aromatic N) is 1. The zero-order valence-corrected chi connectivity index (χ0v) is 11.7. The van der Waals surface area contributed by atoms with Gasteiger partial charge in [0, 0.05) is 7.11 Å². The van der Waals surface area contributed by atoms with Crippen molar-refractivity contribution in [2.75, 3.05) is 7.11 Å². The summed E-state index contributed by atoms with van der Waals surface area (Å²) in [4.78, 5) is 16.6. The lowest BCUT2D eigenvalue weighted by Gasteiger charge is -2.16. The van der Waals surface area contributed by atoms with E-state index in [1.807, 2.05) is 38.1 Å². The Labute approximate surface area is 111 Å². The number of para-hydroxylation sites is 1. The number of carbonyl (C=O) groups is 1. The number of Topliss-reactive ketones (excluding diaryl/α,β-unsaturated/α-hetero) is 1. The lowest BCUT2D eigenvalue weighted by atomic mass is 10.0. The molecular weight excluding hydrogens is 246 g/mol.